The van der Waals surface area contributed by atoms with Crippen LogP contribution in [0.3, 0.4) is 0 Å². The Balaban J connectivity index is 2.00. The van der Waals surface area contributed by atoms with Gasteiger partial charge in [-0.15, -0.1) is 0 Å². The zero-order valence-corrected chi connectivity index (χ0v) is 11.1. The summed E-state index contributed by atoms with van der Waals surface area (Å²) in [5, 5.41) is 14.7. The van der Waals surface area contributed by atoms with Gasteiger partial charge in [-0.1, -0.05) is 6.92 Å². The topological polar surface area (TPSA) is 56.5 Å². The monoisotopic (exact) mass is 254 g/mol. The van der Waals surface area contributed by atoms with Crippen molar-refractivity contribution < 1.29 is 14.6 Å². The van der Waals surface area contributed by atoms with Gasteiger partial charge < -0.3 is 14.6 Å². The summed E-state index contributed by atoms with van der Waals surface area (Å²) < 4.78 is 12.8. The third-order valence-corrected chi connectivity index (χ3v) is 3.26. The molecule has 1 aromatic heterocycles. The first-order chi connectivity index (χ1) is 8.74. The van der Waals surface area contributed by atoms with E-state index in [-0.39, 0.29) is 6.10 Å². The van der Waals surface area contributed by atoms with E-state index in [1.165, 1.54) is 0 Å². The lowest BCUT2D eigenvalue weighted by molar-refractivity contribution is -0.131. The van der Waals surface area contributed by atoms with Crippen molar-refractivity contribution >= 4 is 0 Å². The summed E-state index contributed by atoms with van der Waals surface area (Å²) in [6.07, 6.45) is 0.731. The van der Waals surface area contributed by atoms with Gasteiger partial charge >= 0.3 is 0 Å². The van der Waals surface area contributed by atoms with Crippen LogP contribution >= 0.6 is 0 Å². The summed E-state index contributed by atoms with van der Waals surface area (Å²) in [6.45, 7) is 6.63. The average Bonchev–Trinajstić information content (AvgIpc) is 2.82. The molecule has 0 spiro atoms. The first kappa shape index (κ1) is 13.5. The zero-order valence-electron chi connectivity index (χ0n) is 11.1. The van der Waals surface area contributed by atoms with Crippen molar-refractivity contribution in [2.24, 2.45) is 0 Å². The highest BCUT2D eigenvalue weighted by molar-refractivity contribution is 5.12. The first-order valence-electron chi connectivity index (χ1n) is 6.67. The summed E-state index contributed by atoms with van der Waals surface area (Å²) in [5.41, 5.74) is 2.14. The van der Waals surface area contributed by atoms with Gasteiger partial charge in [-0.3, -0.25) is 4.68 Å². The van der Waals surface area contributed by atoms with Crippen LogP contribution in [0.4, 0.5) is 0 Å². The van der Waals surface area contributed by atoms with Gasteiger partial charge in [0, 0.05) is 18.7 Å². The predicted octanol–water partition coefficient (Wildman–Crippen LogP) is 0.784. The molecule has 1 aromatic rings. The number of aliphatic hydroxyl groups excluding tert-OH is 1. The van der Waals surface area contributed by atoms with E-state index in [0.29, 0.717) is 26.2 Å². The maximum atomic E-state index is 10.2. The molecule has 0 radical (unpaired) electrons. The molecular formula is C13H22N2O3. The normalized spacial score (nSPS) is 22.1. The largest absolute Gasteiger partial charge is 0.390 e. The standard InChI is InChI=1S/C13H22N2O3/c1-3-10-7-11(15(4-2)14-10)8-12(16)13-9-17-5-6-18-13/h7,12-13,16H,3-6,8-9H2,1-2H3. The maximum absolute atomic E-state index is 10.2. The second-order valence-electron chi connectivity index (χ2n) is 4.55. The van der Waals surface area contributed by atoms with E-state index >= 15 is 0 Å². The predicted molar refractivity (Wildman–Crippen MR) is 67.5 cm³/mol. The van der Waals surface area contributed by atoms with Crippen LogP contribution in [0.5, 0.6) is 0 Å². The molecule has 0 bridgehead atoms. The van der Waals surface area contributed by atoms with E-state index in [2.05, 4.69) is 25.0 Å². The highest BCUT2D eigenvalue weighted by atomic mass is 16.6. The number of aryl methyl sites for hydroxylation is 2. The molecule has 2 atom stereocenters. The van der Waals surface area contributed by atoms with Crippen LogP contribution in [0.25, 0.3) is 0 Å². The van der Waals surface area contributed by atoms with Gasteiger partial charge in [0.25, 0.3) is 0 Å². The Hall–Kier alpha value is -0.910. The SMILES string of the molecule is CCc1cc(CC(O)C2COCCO2)n(CC)n1. The molecule has 1 fully saturated rings. The number of aromatic nitrogens is 2. The molecule has 1 saturated heterocycles. The molecule has 1 N–H and O–H groups in total. The highest BCUT2D eigenvalue weighted by Gasteiger charge is 2.24. The summed E-state index contributed by atoms with van der Waals surface area (Å²) in [4.78, 5) is 0. The molecule has 0 aromatic carbocycles. The number of aliphatic hydroxyl groups is 1. The fourth-order valence-corrected chi connectivity index (χ4v) is 2.20. The molecule has 18 heavy (non-hydrogen) atoms. The smallest absolute Gasteiger partial charge is 0.107 e. The van der Waals surface area contributed by atoms with Crippen molar-refractivity contribution in [2.45, 2.75) is 45.4 Å². The molecule has 1 aliphatic heterocycles. The molecular weight excluding hydrogens is 232 g/mol. The fourth-order valence-electron chi connectivity index (χ4n) is 2.20. The van der Waals surface area contributed by atoms with Gasteiger partial charge in [0.15, 0.2) is 0 Å². The van der Waals surface area contributed by atoms with Gasteiger partial charge in [0.05, 0.1) is 31.6 Å². The lowest BCUT2D eigenvalue weighted by Crippen LogP contribution is -2.39. The molecule has 2 unspecified atom stereocenters. The van der Waals surface area contributed by atoms with Gasteiger partial charge in [-0.2, -0.15) is 5.10 Å². The van der Waals surface area contributed by atoms with Gasteiger partial charge in [-0.25, -0.2) is 0 Å². The van der Waals surface area contributed by atoms with Crippen molar-refractivity contribution in [3.05, 3.63) is 17.5 Å². The minimum atomic E-state index is -0.531. The van der Waals surface area contributed by atoms with E-state index in [1.54, 1.807) is 0 Å². The first-order valence-corrected chi connectivity index (χ1v) is 6.67. The third kappa shape index (κ3) is 3.10. The van der Waals surface area contributed by atoms with Crippen molar-refractivity contribution in [3.8, 4) is 0 Å². The van der Waals surface area contributed by atoms with Crippen LogP contribution < -0.4 is 0 Å². The molecule has 2 rings (SSSR count). The fraction of sp³-hybridized carbons (Fsp3) is 0.769. The van der Waals surface area contributed by atoms with Gasteiger partial charge in [-0.05, 0) is 19.4 Å². The number of hydrogen-bond acceptors (Lipinski definition) is 4. The van der Waals surface area contributed by atoms with Crippen LogP contribution in [-0.4, -0.2) is 46.9 Å². The lowest BCUT2D eigenvalue weighted by Gasteiger charge is -2.27. The molecule has 0 saturated carbocycles. The second kappa shape index (κ2) is 6.31. The van der Waals surface area contributed by atoms with E-state index < -0.39 is 6.10 Å². The van der Waals surface area contributed by atoms with E-state index in [1.807, 2.05) is 4.68 Å². The Morgan fingerprint density at radius 1 is 1.50 bits per heavy atom. The van der Waals surface area contributed by atoms with Crippen LogP contribution in [-0.2, 0) is 28.9 Å². The van der Waals surface area contributed by atoms with Gasteiger partial charge in [0.2, 0.25) is 0 Å². The summed E-state index contributed by atoms with van der Waals surface area (Å²) in [6, 6.07) is 2.07. The van der Waals surface area contributed by atoms with Gasteiger partial charge in [0.1, 0.15) is 6.10 Å². The summed E-state index contributed by atoms with van der Waals surface area (Å²) in [7, 11) is 0. The van der Waals surface area contributed by atoms with E-state index in [4.69, 9.17) is 9.47 Å². The van der Waals surface area contributed by atoms with E-state index in [0.717, 1.165) is 24.4 Å². The Kier molecular flexibility index (Phi) is 4.74. The van der Waals surface area contributed by atoms with Crippen LogP contribution in [0.15, 0.2) is 6.07 Å². The highest BCUT2D eigenvalue weighted by Crippen LogP contribution is 2.13. The molecule has 102 valence electrons. The van der Waals surface area contributed by atoms with Crippen molar-refractivity contribution in [1.82, 2.24) is 9.78 Å². The third-order valence-electron chi connectivity index (χ3n) is 3.26. The molecule has 0 aliphatic carbocycles. The van der Waals surface area contributed by atoms with Crippen molar-refractivity contribution in [3.63, 3.8) is 0 Å². The lowest BCUT2D eigenvalue weighted by atomic mass is 10.1. The molecule has 2 heterocycles. The number of ether oxygens (including phenoxy) is 2. The molecule has 0 amide bonds. The molecule has 5 heteroatoms. The second-order valence-corrected chi connectivity index (χ2v) is 4.55. The zero-order chi connectivity index (χ0) is 13.0. The summed E-state index contributed by atoms with van der Waals surface area (Å²) in [5.74, 6) is 0. The number of nitrogens with zero attached hydrogens (tertiary/aromatic N) is 2. The van der Waals surface area contributed by atoms with Crippen molar-refractivity contribution in [1.29, 1.82) is 0 Å². The molecule has 1 aliphatic rings. The Labute approximate surface area is 108 Å². The summed E-state index contributed by atoms with van der Waals surface area (Å²) >= 11 is 0. The minimum Gasteiger partial charge on any atom is -0.390 e. The Morgan fingerprint density at radius 2 is 2.33 bits per heavy atom. The Morgan fingerprint density at radius 3 is 2.94 bits per heavy atom. The maximum Gasteiger partial charge on any atom is 0.107 e. The number of rotatable bonds is 5. The molecule has 5 nitrogen and oxygen atoms in total. The van der Waals surface area contributed by atoms with E-state index in [9.17, 15) is 5.11 Å². The Bertz CT molecular complexity index is 372. The minimum absolute atomic E-state index is 0.218. The van der Waals surface area contributed by atoms with Crippen molar-refractivity contribution in [2.75, 3.05) is 19.8 Å². The quantitative estimate of drug-likeness (QED) is 0.844. The number of hydrogen-bond donors (Lipinski definition) is 1. The average molecular weight is 254 g/mol. The van der Waals surface area contributed by atoms with Crippen LogP contribution in [0, 0.1) is 0 Å². The van der Waals surface area contributed by atoms with Crippen LogP contribution in [0.2, 0.25) is 0 Å². The van der Waals surface area contributed by atoms with Crippen LogP contribution in [0.1, 0.15) is 25.2 Å².